The molecule has 0 saturated heterocycles. The van der Waals surface area contributed by atoms with Crippen LogP contribution in [0, 0.1) is 0 Å². The zero-order chi connectivity index (χ0) is 28.3. The Balaban J connectivity index is 1.21. The zero-order valence-corrected chi connectivity index (χ0v) is 22.8. The summed E-state index contributed by atoms with van der Waals surface area (Å²) >= 11 is 0. The number of hydrazone groups is 1. The van der Waals surface area contributed by atoms with Gasteiger partial charge in [-0.15, -0.1) is 0 Å². The van der Waals surface area contributed by atoms with Crippen molar-refractivity contribution in [3.8, 4) is 5.75 Å². The van der Waals surface area contributed by atoms with Crippen LogP contribution >= 0.6 is 0 Å². The average Bonchev–Trinajstić information content (AvgIpc) is 3.33. The van der Waals surface area contributed by atoms with Gasteiger partial charge in [0, 0.05) is 19.4 Å². The van der Waals surface area contributed by atoms with Crippen LogP contribution in [0.3, 0.4) is 0 Å². The fraction of sp³-hybridized carbons (Fsp3) is 0.281. The van der Waals surface area contributed by atoms with Gasteiger partial charge in [-0.05, 0) is 54.3 Å². The Morgan fingerprint density at radius 2 is 1.78 bits per heavy atom. The first-order chi connectivity index (χ1) is 20.0. The molecule has 9 heteroatoms. The summed E-state index contributed by atoms with van der Waals surface area (Å²) < 4.78 is 12.5. The molecule has 1 atom stereocenters. The molecular formula is C32H30N4O5. The second-order valence-corrected chi connectivity index (χ2v) is 10.2. The number of hydrogen-bond acceptors (Lipinski definition) is 7. The molecule has 0 saturated carbocycles. The minimum Gasteiger partial charge on any atom is -0.497 e. The monoisotopic (exact) mass is 550 g/mol. The van der Waals surface area contributed by atoms with E-state index in [9.17, 15) is 14.4 Å². The molecule has 41 heavy (non-hydrogen) atoms. The number of carbonyl (C=O) groups excluding carboxylic acids is 2. The van der Waals surface area contributed by atoms with Gasteiger partial charge in [-0.2, -0.15) is 5.10 Å². The summed E-state index contributed by atoms with van der Waals surface area (Å²) in [5.74, 6) is 0.356. The number of hydrogen-bond donors (Lipinski definition) is 0. The molecule has 2 aliphatic heterocycles. The Labute approximate surface area is 237 Å². The molecular weight excluding hydrogens is 520 g/mol. The molecule has 0 spiro atoms. The Kier molecular flexibility index (Phi) is 7.33. The standard InChI is InChI=1S/C32H30N4O5/c1-40-24-14-11-22(12-15-24)28-19-26(21-8-4-2-5-9-21)34-36(28)30(37)20-41-32(39)23-13-16-25-27(18-23)33-29-10-6-3-7-17-35(29)31(25)38/h2,4-5,8-9,11-16,18,28H,3,6-7,10,17,19-20H2,1H3/t28-/m1/s1. The van der Waals surface area contributed by atoms with Crippen molar-refractivity contribution in [1.29, 1.82) is 0 Å². The van der Waals surface area contributed by atoms with Crippen LogP contribution < -0.4 is 10.3 Å². The van der Waals surface area contributed by atoms with E-state index in [4.69, 9.17) is 9.47 Å². The molecule has 2 aliphatic rings. The van der Waals surface area contributed by atoms with E-state index in [1.807, 2.05) is 54.6 Å². The minimum absolute atomic E-state index is 0.0901. The zero-order valence-electron chi connectivity index (χ0n) is 22.8. The maximum absolute atomic E-state index is 13.4. The maximum Gasteiger partial charge on any atom is 0.338 e. The smallest absolute Gasteiger partial charge is 0.338 e. The van der Waals surface area contributed by atoms with Crippen molar-refractivity contribution in [2.75, 3.05) is 13.7 Å². The van der Waals surface area contributed by atoms with Crippen molar-refractivity contribution in [3.05, 3.63) is 106 Å². The summed E-state index contributed by atoms with van der Waals surface area (Å²) in [6, 6.07) is 21.6. The van der Waals surface area contributed by atoms with E-state index in [2.05, 4.69) is 10.1 Å². The molecule has 0 N–H and O–H groups in total. The highest BCUT2D eigenvalue weighted by atomic mass is 16.5. The summed E-state index contributed by atoms with van der Waals surface area (Å²) in [6.07, 6.45) is 4.23. The highest BCUT2D eigenvalue weighted by Crippen LogP contribution is 2.33. The third-order valence-corrected chi connectivity index (χ3v) is 7.65. The molecule has 0 fully saturated rings. The number of rotatable bonds is 6. The van der Waals surface area contributed by atoms with Crippen LogP contribution in [0.15, 0.2) is 82.7 Å². The first kappa shape index (κ1) is 26.4. The van der Waals surface area contributed by atoms with Gasteiger partial charge in [0.05, 0.1) is 35.3 Å². The quantitative estimate of drug-likeness (QED) is 0.324. The Morgan fingerprint density at radius 3 is 2.56 bits per heavy atom. The van der Waals surface area contributed by atoms with E-state index in [1.54, 1.807) is 29.9 Å². The lowest BCUT2D eigenvalue weighted by Gasteiger charge is -2.22. The molecule has 3 aromatic carbocycles. The van der Waals surface area contributed by atoms with Crippen molar-refractivity contribution >= 4 is 28.5 Å². The Bertz CT molecular complexity index is 1700. The summed E-state index contributed by atoms with van der Waals surface area (Å²) in [5, 5.41) is 6.50. The fourth-order valence-corrected chi connectivity index (χ4v) is 5.45. The lowest BCUT2D eigenvalue weighted by Crippen LogP contribution is -2.31. The molecule has 9 nitrogen and oxygen atoms in total. The molecule has 208 valence electrons. The highest BCUT2D eigenvalue weighted by molar-refractivity contribution is 6.03. The first-order valence-electron chi connectivity index (χ1n) is 13.8. The molecule has 1 aromatic heterocycles. The molecule has 0 aliphatic carbocycles. The van der Waals surface area contributed by atoms with Gasteiger partial charge in [-0.25, -0.2) is 14.8 Å². The summed E-state index contributed by atoms with van der Waals surface area (Å²) in [5.41, 5.74) is 3.20. The van der Waals surface area contributed by atoms with Gasteiger partial charge in [-0.3, -0.25) is 14.2 Å². The lowest BCUT2D eigenvalue weighted by atomic mass is 9.98. The van der Waals surface area contributed by atoms with Crippen LogP contribution in [0.1, 0.15) is 59.0 Å². The number of esters is 1. The normalized spacial score (nSPS) is 16.6. The van der Waals surface area contributed by atoms with Crippen molar-refractivity contribution in [3.63, 3.8) is 0 Å². The largest absolute Gasteiger partial charge is 0.497 e. The number of methoxy groups -OCH3 is 1. The lowest BCUT2D eigenvalue weighted by molar-refractivity contribution is -0.136. The van der Waals surface area contributed by atoms with Crippen molar-refractivity contribution in [1.82, 2.24) is 14.6 Å². The van der Waals surface area contributed by atoms with Gasteiger partial charge < -0.3 is 9.47 Å². The number of benzene rings is 3. The van der Waals surface area contributed by atoms with Crippen LogP contribution in [-0.2, 0) is 22.5 Å². The molecule has 0 unspecified atom stereocenters. The summed E-state index contributed by atoms with van der Waals surface area (Å²) in [4.78, 5) is 44.1. The topological polar surface area (TPSA) is 103 Å². The van der Waals surface area contributed by atoms with Crippen molar-refractivity contribution in [2.24, 2.45) is 5.10 Å². The molecule has 0 bridgehead atoms. The van der Waals surface area contributed by atoms with Gasteiger partial charge in [0.25, 0.3) is 11.5 Å². The second kappa shape index (κ2) is 11.4. The van der Waals surface area contributed by atoms with Crippen LogP contribution in [0.25, 0.3) is 10.9 Å². The number of aromatic nitrogens is 2. The van der Waals surface area contributed by atoms with Gasteiger partial charge in [0.15, 0.2) is 6.61 Å². The third kappa shape index (κ3) is 5.35. The van der Waals surface area contributed by atoms with E-state index in [1.165, 1.54) is 5.01 Å². The number of nitrogens with zero attached hydrogens (tertiary/aromatic N) is 4. The fourth-order valence-electron chi connectivity index (χ4n) is 5.45. The molecule has 6 rings (SSSR count). The number of amides is 1. The Morgan fingerprint density at radius 1 is 0.976 bits per heavy atom. The summed E-state index contributed by atoms with van der Waals surface area (Å²) in [6.45, 7) is 0.181. The SMILES string of the molecule is COc1ccc([C@H]2CC(c3ccccc3)=NN2C(=O)COC(=O)c2ccc3c(=O)n4c(nc3c2)CCCCC4)cc1. The van der Waals surface area contributed by atoms with Gasteiger partial charge in [-0.1, -0.05) is 48.9 Å². The predicted octanol–water partition coefficient (Wildman–Crippen LogP) is 4.67. The number of carbonyl (C=O) groups is 2. The van der Waals surface area contributed by atoms with E-state index < -0.39 is 18.5 Å². The summed E-state index contributed by atoms with van der Waals surface area (Å²) in [7, 11) is 1.60. The highest BCUT2D eigenvalue weighted by Gasteiger charge is 2.33. The van der Waals surface area contributed by atoms with Crippen molar-refractivity contribution in [2.45, 2.75) is 44.7 Å². The minimum atomic E-state index is -0.662. The molecule has 1 amide bonds. The van der Waals surface area contributed by atoms with Gasteiger partial charge in [0.1, 0.15) is 11.6 Å². The van der Waals surface area contributed by atoms with E-state index >= 15 is 0 Å². The Hall–Kier alpha value is -4.79. The molecule has 4 aromatic rings. The number of ether oxygens (including phenoxy) is 2. The van der Waals surface area contributed by atoms with Crippen LogP contribution in [0.2, 0.25) is 0 Å². The van der Waals surface area contributed by atoms with E-state index in [-0.39, 0.29) is 17.2 Å². The van der Waals surface area contributed by atoms with Gasteiger partial charge >= 0.3 is 5.97 Å². The van der Waals surface area contributed by atoms with E-state index in [0.717, 1.165) is 48.3 Å². The van der Waals surface area contributed by atoms with Crippen molar-refractivity contribution < 1.29 is 19.1 Å². The number of fused-ring (bicyclic) bond motifs is 2. The maximum atomic E-state index is 13.4. The molecule has 3 heterocycles. The first-order valence-corrected chi connectivity index (χ1v) is 13.8. The van der Waals surface area contributed by atoms with Crippen LogP contribution in [-0.4, -0.2) is 45.9 Å². The van der Waals surface area contributed by atoms with Gasteiger partial charge in [0.2, 0.25) is 0 Å². The molecule has 0 radical (unpaired) electrons. The number of aryl methyl sites for hydroxylation is 1. The second-order valence-electron chi connectivity index (χ2n) is 10.2. The van der Waals surface area contributed by atoms with E-state index in [0.29, 0.717) is 29.6 Å². The van der Waals surface area contributed by atoms with Crippen LogP contribution in [0.4, 0.5) is 0 Å². The third-order valence-electron chi connectivity index (χ3n) is 7.65. The average molecular weight is 551 g/mol. The van der Waals surface area contributed by atoms with Crippen LogP contribution in [0.5, 0.6) is 5.75 Å². The predicted molar refractivity (Wildman–Crippen MR) is 154 cm³/mol.